The van der Waals surface area contributed by atoms with E-state index >= 15 is 0 Å². The predicted molar refractivity (Wildman–Crippen MR) is 71.8 cm³/mol. The van der Waals surface area contributed by atoms with Crippen molar-refractivity contribution in [3.8, 4) is 10.4 Å². The van der Waals surface area contributed by atoms with E-state index < -0.39 is 0 Å². The second-order valence-electron chi connectivity index (χ2n) is 4.41. The smallest absolute Gasteiger partial charge is 0.0346 e. The number of hydrogen-bond donors (Lipinski definition) is 1. The van der Waals surface area contributed by atoms with Crippen LogP contribution in [0.15, 0.2) is 29.6 Å². The van der Waals surface area contributed by atoms with Crippen molar-refractivity contribution in [1.29, 1.82) is 0 Å². The van der Waals surface area contributed by atoms with E-state index in [0.717, 1.165) is 0 Å². The highest BCUT2D eigenvalue weighted by molar-refractivity contribution is 7.13. The monoisotopic (exact) mass is 231 g/mol. The first-order chi connectivity index (χ1) is 7.56. The summed E-state index contributed by atoms with van der Waals surface area (Å²) in [4.78, 5) is 1.30. The van der Waals surface area contributed by atoms with Gasteiger partial charge in [-0.25, -0.2) is 0 Å². The van der Waals surface area contributed by atoms with Crippen molar-refractivity contribution >= 4 is 11.3 Å². The maximum atomic E-state index is 5.87. The van der Waals surface area contributed by atoms with Crippen LogP contribution in [0.2, 0.25) is 0 Å². The number of aryl methyl sites for hydroxylation is 2. The number of hydrogen-bond acceptors (Lipinski definition) is 2. The van der Waals surface area contributed by atoms with Gasteiger partial charge in [-0.1, -0.05) is 29.3 Å². The van der Waals surface area contributed by atoms with E-state index in [4.69, 9.17) is 5.73 Å². The van der Waals surface area contributed by atoms with Gasteiger partial charge in [-0.3, -0.25) is 0 Å². The van der Waals surface area contributed by atoms with Crippen LogP contribution >= 0.6 is 11.3 Å². The average molecular weight is 231 g/mol. The molecule has 0 aliphatic rings. The highest BCUT2D eigenvalue weighted by Crippen LogP contribution is 2.30. The van der Waals surface area contributed by atoms with Gasteiger partial charge in [-0.05, 0) is 43.3 Å². The second kappa shape index (κ2) is 4.40. The van der Waals surface area contributed by atoms with Gasteiger partial charge in [0.05, 0.1) is 0 Å². The molecule has 0 fully saturated rings. The maximum absolute atomic E-state index is 5.87. The van der Waals surface area contributed by atoms with Crippen LogP contribution in [-0.2, 0) is 0 Å². The molecule has 2 rings (SSSR count). The third-order valence-corrected chi connectivity index (χ3v) is 3.65. The molecule has 0 aliphatic heterocycles. The van der Waals surface area contributed by atoms with E-state index in [9.17, 15) is 0 Å². The lowest BCUT2D eigenvalue weighted by atomic mass is 10.1. The molecule has 1 aromatic carbocycles. The molecule has 2 N–H and O–H groups in total. The van der Waals surface area contributed by atoms with Crippen LogP contribution in [0.3, 0.4) is 0 Å². The van der Waals surface area contributed by atoms with Crippen molar-refractivity contribution in [2.45, 2.75) is 26.8 Å². The maximum Gasteiger partial charge on any atom is 0.0346 e. The summed E-state index contributed by atoms with van der Waals surface area (Å²) in [5, 5.41) is 2.15. The van der Waals surface area contributed by atoms with Gasteiger partial charge in [0.15, 0.2) is 0 Å². The van der Waals surface area contributed by atoms with Crippen molar-refractivity contribution in [2.24, 2.45) is 5.73 Å². The Morgan fingerprint density at radius 2 is 1.69 bits per heavy atom. The van der Waals surface area contributed by atoms with Crippen LogP contribution in [0.5, 0.6) is 0 Å². The molecule has 0 spiro atoms. The molecule has 2 heteroatoms. The lowest BCUT2D eigenvalue weighted by Gasteiger charge is -2.02. The molecule has 1 heterocycles. The Bertz CT molecular complexity index is 477. The fourth-order valence-electron chi connectivity index (χ4n) is 1.86. The van der Waals surface area contributed by atoms with Crippen molar-refractivity contribution in [3.63, 3.8) is 0 Å². The third kappa shape index (κ3) is 2.34. The van der Waals surface area contributed by atoms with Gasteiger partial charge in [-0.15, -0.1) is 11.3 Å². The minimum Gasteiger partial charge on any atom is -0.324 e. The van der Waals surface area contributed by atoms with Gasteiger partial charge in [0.2, 0.25) is 0 Å². The van der Waals surface area contributed by atoms with Crippen LogP contribution in [-0.4, -0.2) is 0 Å². The molecule has 0 radical (unpaired) electrons. The molecule has 84 valence electrons. The fourth-order valence-corrected chi connectivity index (χ4v) is 2.86. The van der Waals surface area contributed by atoms with E-state index in [1.54, 1.807) is 11.3 Å². The number of nitrogens with two attached hydrogens (primary N) is 1. The van der Waals surface area contributed by atoms with Crippen LogP contribution < -0.4 is 5.73 Å². The largest absolute Gasteiger partial charge is 0.324 e. The summed E-state index contributed by atoms with van der Waals surface area (Å²) < 4.78 is 0. The minimum atomic E-state index is 0.121. The molecule has 16 heavy (non-hydrogen) atoms. The van der Waals surface area contributed by atoms with E-state index in [0.29, 0.717) is 0 Å². The number of rotatable bonds is 2. The Morgan fingerprint density at radius 1 is 1.06 bits per heavy atom. The topological polar surface area (TPSA) is 26.0 Å². The summed E-state index contributed by atoms with van der Waals surface area (Å²) in [5.41, 5.74) is 11.0. The van der Waals surface area contributed by atoms with E-state index in [1.165, 1.54) is 27.1 Å². The van der Waals surface area contributed by atoms with Gasteiger partial charge in [0, 0.05) is 10.9 Å². The molecule has 0 saturated heterocycles. The molecule has 1 unspecified atom stereocenters. The number of thiophene rings is 1. The zero-order chi connectivity index (χ0) is 11.7. The summed E-state index contributed by atoms with van der Waals surface area (Å²) in [7, 11) is 0. The van der Waals surface area contributed by atoms with E-state index in [1.807, 2.05) is 6.92 Å². The first kappa shape index (κ1) is 11.4. The SMILES string of the molecule is Cc1cc(C)cc(-c2cc(C(C)N)cs2)c1. The van der Waals surface area contributed by atoms with Crippen LogP contribution in [0.4, 0.5) is 0 Å². The molecule has 1 aromatic heterocycles. The van der Waals surface area contributed by atoms with E-state index in [-0.39, 0.29) is 6.04 Å². The third-order valence-electron chi connectivity index (χ3n) is 2.65. The predicted octanol–water partition coefficient (Wildman–Crippen LogP) is 4.05. The fraction of sp³-hybridized carbons (Fsp3) is 0.286. The first-order valence-corrected chi connectivity index (χ1v) is 6.37. The highest BCUT2D eigenvalue weighted by atomic mass is 32.1. The zero-order valence-electron chi connectivity index (χ0n) is 9.95. The summed E-state index contributed by atoms with van der Waals surface area (Å²) >= 11 is 1.77. The Labute approximate surface area is 101 Å². The van der Waals surface area contributed by atoms with Gasteiger partial charge < -0.3 is 5.73 Å². The number of benzene rings is 1. The standard InChI is InChI=1S/C14H17NS/c1-9-4-10(2)6-12(5-9)14-7-13(8-16-14)11(3)15/h4-8,11H,15H2,1-3H3. The molecule has 1 nitrogen and oxygen atoms in total. The van der Waals surface area contributed by atoms with Crippen molar-refractivity contribution < 1.29 is 0 Å². The second-order valence-corrected chi connectivity index (χ2v) is 5.32. The molecular weight excluding hydrogens is 214 g/mol. The molecule has 0 aliphatic carbocycles. The molecular formula is C14H17NS. The van der Waals surface area contributed by atoms with Crippen LogP contribution in [0, 0.1) is 13.8 Å². The molecule has 1 atom stereocenters. The average Bonchev–Trinajstić information content (AvgIpc) is 2.64. The Hall–Kier alpha value is -1.12. The lowest BCUT2D eigenvalue weighted by Crippen LogP contribution is -2.02. The van der Waals surface area contributed by atoms with Crippen molar-refractivity contribution in [2.75, 3.05) is 0 Å². The molecule has 0 amide bonds. The van der Waals surface area contributed by atoms with Gasteiger partial charge in [0.1, 0.15) is 0 Å². The Balaban J connectivity index is 2.42. The first-order valence-electron chi connectivity index (χ1n) is 5.49. The molecule has 0 saturated carbocycles. The Kier molecular flexibility index (Phi) is 3.13. The minimum absolute atomic E-state index is 0.121. The zero-order valence-corrected chi connectivity index (χ0v) is 10.8. The quantitative estimate of drug-likeness (QED) is 0.829. The van der Waals surface area contributed by atoms with Crippen LogP contribution in [0.25, 0.3) is 10.4 Å². The molecule has 0 bridgehead atoms. The van der Waals surface area contributed by atoms with E-state index in [2.05, 4.69) is 43.5 Å². The van der Waals surface area contributed by atoms with Gasteiger partial charge >= 0.3 is 0 Å². The van der Waals surface area contributed by atoms with Crippen LogP contribution in [0.1, 0.15) is 29.7 Å². The summed E-state index contributed by atoms with van der Waals surface area (Å²) in [6, 6.07) is 8.97. The van der Waals surface area contributed by atoms with Gasteiger partial charge in [0.25, 0.3) is 0 Å². The van der Waals surface area contributed by atoms with Gasteiger partial charge in [-0.2, -0.15) is 0 Å². The summed E-state index contributed by atoms with van der Waals surface area (Å²) in [6.45, 7) is 6.29. The summed E-state index contributed by atoms with van der Waals surface area (Å²) in [6.07, 6.45) is 0. The van der Waals surface area contributed by atoms with Crippen molar-refractivity contribution in [3.05, 3.63) is 46.3 Å². The molecule has 2 aromatic rings. The summed E-state index contributed by atoms with van der Waals surface area (Å²) in [5.74, 6) is 0. The van der Waals surface area contributed by atoms with Crippen molar-refractivity contribution in [1.82, 2.24) is 0 Å². The Morgan fingerprint density at radius 3 is 2.19 bits per heavy atom. The normalized spacial score (nSPS) is 12.8. The highest BCUT2D eigenvalue weighted by Gasteiger charge is 2.06. The lowest BCUT2D eigenvalue weighted by molar-refractivity contribution is 0.823.